The third-order valence-electron chi connectivity index (χ3n) is 2.73. The van der Waals surface area contributed by atoms with Crippen molar-refractivity contribution in [1.82, 2.24) is 0 Å². The molecule has 0 saturated carbocycles. The van der Waals surface area contributed by atoms with Crippen LogP contribution in [-0.4, -0.2) is 22.2 Å². The van der Waals surface area contributed by atoms with Crippen LogP contribution in [0.1, 0.15) is 27.0 Å². The Hall–Kier alpha value is -1.86. The van der Waals surface area contributed by atoms with E-state index in [0.717, 1.165) is 17.4 Å². The van der Waals surface area contributed by atoms with Crippen molar-refractivity contribution in [2.24, 2.45) is 0 Å². The lowest BCUT2D eigenvalue weighted by Crippen LogP contribution is -2.10. The van der Waals surface area contributed by atoms with Crippen LogP contribution in [0.2, 0.25) is 0 Å². The molecule has 1 atom stereocenters. The topological polar surface area (TPSA) is 63.2 Å². The second-order valence-corrected chi connectivity index (χ2v) is 6.57. The number of ketones is 1. The van der Waals surface area contributed by atoms with Crippen LogP contribution in [0.4, 0.5) is 10.1 Å². The first-order valence-electron chi connectivity index (χ1n) is 5.92. The van der Waals surface area contributed by atoms with Crippen molar-refractivity contribution in [2.75, 3.05) is 11.6 Å². The molecular weight excluding hydrogens is 313 g/mol. The monoisotopic (exact) mass is 325 g/mol. The highest BCUT2D eigenvalue weighted by Crippen LogP contribution is 2.20. The van der Waals surface area contributed by atoms with Crippen molar-refractivity contribution in [3.63, 3.8) is 0 Å². The van der Waals surface area contributed by atoms with Gasteiger partial charge in [0.25, 0.3) is 5.91 Å². The molecule has 1 N–H and O–H groups in total. The van der Waals surface area contributed by atoms with Gasteiger partial charge in [-0.1, -0.05) is 0 Å². The van der Waals surface area contributed by atoms with Gasteiger partial charge in [-0.05, 0) is 31.2 Å². The largest absolute Gasteiger partial charge is 0.321 e. The minimum absolute atomic E-state index is 0.0861. The summed E-state index contributed by atoms with van der Waals surface area (Å²) >= 11 is 1.14. The number of carbonyl (C=O) groups is 2. The number of rotatable bonds is 4. The molecule has 0 fully saturated rings. The van der Waals surface area contributed by atoms with Gasteiger partial charge in [-0.25, -0.2) is 4.39 Å². The van der Waals surface area contributed by atoms with Crippen LogP contribution in [0.25, 0.3) is 0 Å². The summed E-state index contributed by atoms with van der Waals surface area (Å²) in [5.41, 5.74) is 0.734. The fourth-order valence-electron chi connectivity index (χ4n) is 1.64. The molecule has 2 rings (SSSR count). The zero-order chi connectivity index (χ0) is 15.6. The van der Waals surface area contributed by atoms with Gasteiger partial charge in [0, 0.05) is 22.9 Å². The summed E-state index contributed by atoms with van der Waals surface area (Å²) in [5, 5.41) is 4.14. The molecule has 1 amide bonds. The molecule has 1 heterocycles. The van der Waals surface area contributed by atoms with Crippen molar-refractivity contribution in [1.29, 1.82) is 0 Å². The number of hydrogen-bond donors (Lipinski definition) is 1. The highest BCUT2D eigenvalue weighted by Gasteiger charge is 2.13. The van der Waals surface area contributed by atoms with Gasteiger partial charge in [0.15, 0.2) is 5.78 Å². The fourth-order valence-corrected chi connectivity index (χ4v) is 3.08. The number of benzene rings is 1. The number of amides is 1. The first-order chi connectivity index (χ1) is 9.88. The van der Waals surface area contributed by atoms with Crippen LogP contribution >= 0.6 is 11.3 Å². The number of thiophene rings is 1. The van der Waals surface area contributed by atoms with Crippen LogP contribution in [-0.2, 0) is 10.8 Å². The Morgan fingerprint density at radius 2 is 2.00 bits per heavy atom. The van der Waals surface area contributed by atoms with E-state index < -0.39 is 22.5 Å². The minimum atomic E-state index is -1.42. The number of carbonyl (C=O) groups excluding carboxylic acids is 2. The van der Waals surface area contributed by atoms with Gasteiger partial charge in [0.1, 0.15) is 5.82 Å². The lowest BCUT2D eigenvalue weighted by Gasteiger charge is -2.05. The quantitative estimate of drug-likeness (QED) is 0.879. The number of halogens is 1. The highest BCUT2D eigenvalue weighted by molar-refractivity contribution is 7.84. The second-order valence-electron chi connectivity index (χ2n) is 4.31. The van der Waals surface area contributed by atoms with Crippen LogP contribution < -0.4 is 5.32 Å². The first-order valence-corrected chi connectivity index (χ1v) is 8.36. The molecule has 0 aliphatic carbocycles. The van der Waals surface area contributed by atoms with Gasteiger partial charge in [-0.15, -0.1) is 11.3 Å². The molecule has 1 aromatic carbocycles. The number of anilines is 1. The van der Waals surface area contributed by atoms with Crippen molar-refractivity contribution < 1.29 is 18.2 Å². The molecule has 21 heavy (non-hydrogen) atoms. The Bertz CT molecular complexity index is 740. The normalized spacial score (nSPS) is 12.0. The summed E-state index contributed by atoms with van der Waals surface area (Å²) in [4.78, 5) is 23.6. The zero-order valence-corrected chi connectivity index (χ0v) is 12.9. The molecule has 0 saturated heterocycles. The third-order valence-corrected chi connectivity index (χ3v) is 4.61. The maximum atomic E-state index is 13.7. The number of hydrogen-bond acceptors (Lipinski definition) is 4. The van der Waals surface area contributed by atoms with Crippen molar-refractivity contribution >= 4 is 39.5 Å². The summed E-state index contributed by atoms with van der Waals surface area (Å²) in [6.45, 7) is 1.42. The van der Waals surface area contributed by atoms with Crippen molar-refractivity contribution in [3.8, 4) is 0 Å². The van der Waals surface area contributed by atoms with E-state index in [4.69, 9.17) is 0 Å². The Morgan fingerprint density at radius 3 is 2.52 bits per heavy atom. The molecule has 0 aliphatic heterocycles. The van der Waals surface area contributed by atoms with Gasteiger partial charge in [0.2, 0.25) is 0 Å². The molecular formula is C14H12FNO3S2. The zero-order valence-electron chi connectivity index (χ0n) is 11.3. The number of Topliss-reactive ketones (excluding diaryl/α,β-unsaturated/α-hetero) is 1. The summed E-state index contributed by atoms with van der Waals surface area (Å²) in [6, 6.07) is 5.47. The van der Waals surface area contributed by atoms with Crippen LogP contribution in [0.5, 0.6) is 0 Å². The maximum Gasteiger partial charge on any atom is 0.265 e. The average molecular weight is 325 g/mol. The van der Waals surface area contributed by atoms with Gasteiger partial charge in [-0.2, -0.15) is 0 Å². The van der Waals surface area contributed by atoms with Crippen LogP contribution in [0, 0.1) is 5.82 Å². The van der Waals surface area contributed by atoms with Gasteiger partial charge in [0.05, 0.1) is 20.6 Å². The molecule has 0 spiro atoms. The molecule has 0 radical (unpaired) electrons. The van der Waals surface area contributed by atoms with E-state index in [-0.39, 0.29) is 16.4 Å². The average Bonchev–Trinajstić information content (AvgIpc) is 2.88. The van der Waals surface area contributed by atoms with E-state index in [1.807, 2.05) is 0 Å². The smallest absolute Gasteiger partial charge is 0.265 e. The van der Waals surface area contributed by atoms with E-state index in [1.165, 1.54) is 31.4 Å². The molecule has 2 aromatic rings. The minimum Gasteiger partial charge on any atom is -0.321 e. The predicted octanol–water partition coefficient (Wildman–Crippen LogP) is 3.08. The Morgan fingerprint density at radius 1 is 1.29 bits per heavy atom. The Labute approximate surface area is 127 Å². The first kappa shape index (κ1) is 15.5. The van der Waals surface area contributed by atoms with E-state index >= 15 is 0 Å². The standard InChI is InChI=1S/C14H12FNO3S2/c1-8(17)9-5-12(20-7-9)14(18)16-10-3-4-13(21(2)19)11(15)6-10/h3-7H,1-2H3,(H,16,18). The molecule has 1 aromatic heterocycles. The van der Waals surface area contributed by atoms with E-state index in [1.54, 1.807) is 5.38 Å². The summed E-state index contributed by atoms with van der Waals surface area (Å²) in [7, 11) is -1.42. The Balaban J connectivity index is 2.17. The van der Waals surface area contributed by atoms with Crippen LogP contribution in [0.15, 0.2) is 34.5 Å². The summed E-state index contributed by atoms with van der Waals surface area (Å²) in [5.74, 6) is -1.17. The van der Waals surface area contributed by atoms with Gasteiger partial charge in [-0.3, -0.25) is 13.8 Å². The lowest BCUT2D eigenvalue weighted by molar-refractivity contribution is 0.101. The van der Waals surface area contributed by atoms with Crippen molar-refractivity contribution in [3.05, 3.63) is 45.9 Å². The molecule has 7 heteroatoms. The highest BCUT2D eigenvalue weighted by atomic mass is 32.2. The number of nitrogens with one attached hydrogen (secondary N) is 1. The second kappa shape index (κ2) is 6.28. The maximum absolute atomic E-state index is 13.7. The van der Waals surface area contributed by atoms with E-state index in [0.29, 0.717) is 10.4 Å². The Kier molecular flexibility index (Phi) is 4.64. The summed E-state index contributed by atoms with van der Waals surface area (Å²) < 4.78 is 24.9. The van der Waals surface area contributed by atoms with Crippen molar-refractivity contribution in [2.45, 2.75) is 11.8 Å². The third kappa shape index (κ3) is 3.62. The molecule has 1 unspecified atom stereocenters. The molecule has 4 nitrogen and oxygen atoms in total. The molecule has 110 valence electrons. The fraction of sp³-hybridized carbons (Fsp3) is 0.143. The molecule has 0 aliphatic rings. The lowest BCUT2D eigenvalue weighted by atomic mass is 10.2. The predicted molar refractivity (Wildman–Crippen MR) is 81.0 cm³/mol. The van der Waals surface area contributed by atoms with Gasteiger partial charge >= 0.3 is 0 Å². The van der Waals surface area contributed by atoms with E-state index in [9.17, 15) is 18.2 Å². The van der Waals surface area contributed by atoms with Crippen LogP contribution in [0.3, 0.4) is 0 Å². The van der Waals surface area contributed by atoms with Gasteiger partial charge < -0.3 is 5.32 Å². The SMILES string of the molecule is CC(=O)c1csc(C(=O)Nc2ccc(S(C)=O)c(F)c2)c1. The van der Waals surface area contributed by atoms with E-state index in [2.05, 4.69) is 5.32 Å². The molecule has 0 bridgehead atoms. The summed E-state index contributed by atoms with van der Waals surface area (Å²) in [6.07, 6.45) is 1.38.